The first-order chi connectivity index (χ1) is 9.74. The van der Waals surface area contributed by atoms with Crippen molar-refractivity contribution in [2.45, 2.75) is 39.5 Å². The average Bonchev–Trinajstić information content (AvgIpc) is 2.70. The summed E-state index contributed by atoms with van der Waals surface area (Å²) in [5.41, 5.74) is 3.33. The normalized spacial score (nSPS) is 20.3. The van der Waals surface area contributed by atoms with Gasteiger partial charge in [0.05, 0.1) is 0 Å². The van der Waals surface area contributed by atoms with Gasteiger partial charge in [-0.25, -0.2) is 0 Å². The summed E-state index contributed by atoms with van der Waals surface area (Å²) in [5, 5.41) is 0. The van der Waals surface area contributed by atoms with Crippen LogP contribution in [0.4, 0.5) is 5.69 Å². The number of hydrogen-bond acceptors (Lipinski definition) is 2. The highest BCUT2D eigenvalue weighted by molar-refractivity contribution is 5.94. The summed E-state index contributed by atoms with van der Waals surface area (Å²) in [4.78, 5) is 26.9. The van der Waals surface area contributed by atoms with Crippen LogP contribution in [0, 0.1) is 6.92 Å². The molecule has 0 N–H and O–H groups in total. The van der Waals surface area contributed by atoms with Crippen LogP contribution >= 0.6 is 0 Å². The number of rotatable bonds is 3. The summed E-state index contributed by atoms with van der Waals surface area (Å²) in [6.45, 7) is 8.83. The van der Waals surface area contributed by atoms with E-state index in [9.17, 15) is 9.59 Å². The number of aryl methyl sites for hydroxylation is 1. The standard InChI is InChI=1S/C17H24N2O2/c1-12-6-7-16-15(10-12)17(4,11-19(16)14(3)21)8-9-18(5)13(2)20/h6-7,10H,8-9,11H2,1-5H3. The summed E-state index contributed by atoms with van der Waals surface area (Å²) in [6.07, 6.45) is 0.851. The molecule has 114 valence electrons. The molecule has 21 heavy (non-hydrogen) atoms. The molecule has 0 spiro atoms. The van der Waals surface area contributed by atoms with Crippen LogP contribution in [-0.4, -0.2) is 36.9 Å². The highest BCUT2D eigenvalue weighted by Crippen LogP contribution is 2.43. The van der Waals surface area contributed by atoms with Gasteiger partial charge in [0, 0.05) is 45.1 Å². The third kappa shape index (κ3) is 2.94. The van der Waals surface area contributed by atoms with Gasteiger partial charge in [-0.1, -0.05) is 24.6 Å². The maximum Gasteiger partial charge on any atom is 0.223 e. The summed E-state index contributed by atoms with van der Waals surface area (Å²) in [6, 6.07) is 6.25. The number of nitrogens with zero attached hydrogens (tertiary/aromatic N) is 2. The summed E-state index contributed by atoms with van der Waals surface area (Å²) < 4.78 is 0. The topological polar surface area (TPSA) is 40.6 Å². The lowest BCUT2D eigenvalue weighted by Crippen LogP contribution is -2.37. The first-order valence-electron chi connectivity index (χ1n) is 7.35. The van der Waals surface area contributed by atoms with Crippen molar-refractivity contribution >= 4 is 17.5 Å². The van der Waals surface area contributed by atoms with Gasteiger partial charge in [0.1, 0.15) is 0 Å². The van der Waals surface area contributed by atoms with Crippen LogP contribution in [0.15, 0.2) is 18.2 Å². The van der Waals surface area contributed by atoms with Gasteiger partial charge in [-0.2, -0.15) is 0 Å². The van der Waals surface area contributed by atoms with Gasteiger partial charge in [0.2, 0.25) is 11.8 Å². The number of anilines is 1. The number of carbonyl (C=O) groups excluding carboxylic acids is 2. The smallest absolute Gasteiger partial charge is 0.223 e. The van der Waals surface area contributed by atoms with Gasteiger partial charge < -0.3 is 9.80 Å². The minimum atomic E-state index is -0.100. The van der Waals surface area contributed by atoms with E-state index in [1.165, 1.54) is 11.1 Å². The first-order valence-corrected chi connectivity index (χ1v) is 7.35. The molecule has 1 aliphatic heterocycles. The second kappa shape index (κ2) is 5.51. The molecule has 1 aliphatic rings. The minimum absolute atomic E-state index is 0.0729. The van der Waals surface area contributed by atoms with Crippen molar-refractivity contribution in [1.29, 1.82) is 0 Å². The van der Waals surface area contributed by atoms with E-state index in [-0.39, 0.29) is 17.2 Å². The lowest BCUT2D eigenvalue weighted by Gasteiger charge is -2.28. The van der Waals surface area contributed by atoms with Crippen LogP contribution in [0.1, 0.15) is 38.3 Å². The molecule has 2 amide bonds. The summed E-state index contributed by atoms with van der Waals surface area (Å²) in [5.74, 6) is 0.147. The van der Waals surface area contributed by atoms with Crippen molar-refractivity contribution in [3.63, 3.8) is 0 Å². The summed E-state index contributed by atoms with van der Waals surface area (Å²) >= 11 is 0. The van der Waals surface area contributed by atoms with Crippen LogP contribution in [0.3, 0.4) is 0 Å². The monoisotopic (exact) mass is 288 g/mol. The fraction of sp³-hybridized carbons (Fsp3) is 0.529. The Hall–Kier alpha value is -1.84. The summed E-state index contributed by atoms with van der Waals surface area (Å²) in [7, 11) is 1.82. The molecule has 1 aromatic carbocycles. The van der Waals surface area contributed by atoms with Crippen molar-refractivity contribution in [1.82, 2.24) is 4.90 Å². The molecule has 0 fully saturated rings. The van der Waals surface area contributed by atoms with Gasteiger partial charge in [-0.05, 0) is 25.0 Å². The van der Waals surface area contributed by atoms with Crippen molar-refractivity contribution in [3.8, 4) is 0 Å². The van der Waals surface area contributed by atoms with Crippen LogP contribution in [0.2, 0.25) is 0 Å². The van der Waals surface area contributed by atoms with Gasteiger partial charge in [0.15, 0.2) is 0 Å². The maximum absolute atomic E-state index is 11.9. The van der Waals surface area contributed by atoms with Crippen molar-refractivity contribution < 1.29 is 9.59 Å². The Labute approximate surface area is 126 Å². The Morgan fingerprint density at radius 3 is 2.57 bits per heavy atom. The van der Waals surface area contributed by atoms with Crippen molar-refractivity contribution in [2.75, 3.05) is 25.0 Å². The van der Waals surface area contributed by atoms with Crippen LogP contribution in [0.25, 0.3) is 0 Å². The molecular weight excluding hydrogens is 264 g/mol. The lowest BCUT2D eigenvalue weighted by molar-refractivity contribution is -0.127. The number of hydrogen-bond donors (Lipinski definition) is 0. The average molecular weight is 288 g/mol. The van der Waals surface area contributed by atoms with Gasteiger partial charge in [-0.3, -0.25) is 9.59 Å². The highest BCUT2D eigenvalue weighted by atomic mass is 16.2. The molecule has 0 radical (unpaired) electrons. The van der Waals surface area contributed by atoms with E-state index in [1.54, 1.807) is 18.7 Å². The molecule has 0 saturated heterocycles. The van der Waals surface area contributed by atoms with E-state index < -0.39 is 0 Å². The van der Waals surface area contributed by atoms with E-state index in [1.807, 2.05) is 24.1 Å². The van der Waals surface area contributed by atoms with Crippen LogP contribution < -0.4 is 4.90 Å². The largest absolute Gasteiger partial charge is 0.346 e. The van der Waals surface area contributed by atoms with E-state index in [2.05, 4.69) is 19.9 Å². The van der Waals surface area contributed by atoms with E-state index in [0.29, 0.717) is 13.1 Å². The van der Waals surface area contributed by atoms with Crippen LogP contribution in [-0.2, 0) is 15.0 Å². The lowest BCUT2D eigenvalue weighted by atomic mass is 9.80. The predicted octanol–water partition coefficient (Wildman–Crippen LogP) is 2.49. The molecule has 1 heterocycles. The SMILES string of the molecule is CC(=O)N(C)CCC1(C)CN(C(C)=O)c2ccc(C)cc21. The molecule has 0 aliphatic carbocycles. The van der Waals surface area contributed by atoms with E-state index in [4.69, 9.17) is 0 Å². The number of benzene rings is 1. The highest BCUT2D eigenvalue weighted by Gasteiger charge is 2.40. The Morgan fingerprint density at radius 2 is 2.00 bits per heavy atom. The Bertz CT molecular complexity index is 582. The zero-order valence-corrected chi connectivity index (χ0v) is 13.6. The third-order valence-corrected chi connectivity index (χ3v) is 4.52. The number of amides is 2. The number of fused-ring (bicyclic) bond motifs is 1. The fourth-order valence-corrected chi connectivity index (χ4v) is 2.95. The molecule has 1 atom stereocenters. The van der Waals surface area contributed by atoms with Gasteiger partial charge in [-0.15, -0.1) is 0 Å². The molecule has 0 bridgehead atoms. The molecule has 0 saturated carbocycles. The van der Waals surface area contributed by atoms with Gasteiger partial charge >= 0.3 is 0 Å². The predicted molar refractivity (Wildman–Crippen MR) is 84.5 cm³/mol. The van der Waals surface area contributed by atoms with Crippen molar-refractivity contribution in [3.05, 3.63) is 29.3 Å². The van der Waals surface area contributed by atoms with Crippen molar-refractivity contribution in [2.24, 2.45) is 0 Å². The Balaban J connectivity index is 2.31. The molecule has 4 nitrogen and oxygen atoms in total. The molecular formula is C17H24N2O2. The first kappa shape index (κ1) is 15.5. The van der Waals surface area contributed by atoms with Gasteiger partial charge in [0.25, 0.3) is 0 Å². The minimum Gasteiger partial charge on any atom is -0.346 e. The fourth-order valence-electron chi connectivity index (χ4n) is 2.95. The maximum atomic E-state index is 11.9. The molecule has 1 unspecified atom stereocenters. The third-order valence-electron chi connectivity index (χ3n) is 4.52. The Morgan fingerprint density at radius 1 is 1.33 bits per heavy atom. The molecule has 0 aromatic heterocycles. The zero-order chi connectivity index (χ0) is 15.8. The van der Waals surface area contributed by atoms with E-state index >= 15 is 0 Å². The Kier molecular flexibility index (Phi) is 4.08. The zero-order valence-electron chi connectivity index (χ0n) is 13.6. The van der Waals surface area contributed by atoms with E-state index in [0.717, 1.165) is 12.1 Å². The quantitative estimate of drug-likeness (QED) is 0.857. The number of carbonyl (C=O) groups is 2. The second-order valence-corrected chi connectivity index (χ2v) is 6.38. The second-order valence-electron chi connectivity index (χ2n) is 6.38. The van der Waals surface area contributed by atoms with Crippen LogP contribution in [0.5, 0.6) is 0 Å². The molecule has 4 heteroatoms. The molecule has 2 rings (SSSR count). The molecule has 1 aromatic rings.